The summed E-state index contributed by atoms with van der Waals surface area (Å²) in [6.45, 7) is 17.2. The van der Waals surface area contributed by atoms with Gasteiger partial charge in [0.25, 0.3) is 0 Å². The van der Waals surface area contributed by atoms with Crippen molar-refractivity contribution in [1.29, 1.82) is 0 Å². The molecule has 0 bridgehead atoms. The first kappa shape index (κ1) is 56.4. The molecule has 0 fully saturated rings. The third-order valence-corrected chi connectivity index (χ3v) is 12.6. The second kappa shape index (κ2) is 46.4. The van der Waals surface area contributed by atoms with Crippen molar-refractivity contribution < 1.29 is 19.0 Å². The van der Waals surface area contributed by atoms with Crippen molar-refractivity contribution in [2.45, 2.75) is 272 Å². The van der Waals surface area contributed by atoms with Gasteiger partial charge in [-0.1, -0.05) is 208 Å². The summed E-state index contributed by atoms with van der Waals surface area (Å²) >= 11 is 0. The van der Waals surface area contributed by atoms with Gasteiger partial charge < -0.3 is 19.1 Å². The van der Waals surface area contributed by atoms with Crippen LogP contribution in [0.4, 0.5) is 0 Å². The zero-order valence-electron chi connectivity index (χ0n) is 40.0. The van der Waals surface area contributed by atoms with Crippen LogP contribution in [0.2, 0.25) is 0 Å². The molecule has 342 valence electrons. The normalized spacial score (nSPS) is 12.4. The first-order valence-electron chi connectivity index (χ1n) is 26.0. The molecule has 0 aliphatic rings. The van der Waals surface area contributed by atoms with Crippen LogP contribution in [-0.4, -0.2) is 63.5 Å². The van der Waals surface area contributed by atoms with E-state index >= 15 is 0 Å². The molecule has 57 heavy (non-hydrogen) atoms. The van der Waals surface area contributed by atoms with E-state index < -0.39 is 0 Å². The minimum atomic E-state index is 0.0203. The molecular weight excluding hydrogens is 703 g/mol. The van der Waals surface area contributed by atoms with E-state index in [1.54, 1.807) is 0 Å². The Bertz CT molecular complexity index is 757. The lowest BCUT2D eigenvalue weighted by molar-refractivity contribution is -0.144. The Morgan fingerprint density at radius 3 is 1.33 bits per heavy atom. The van der Waals surface area contributed by atoms with Crippen LogP contribution in [0.15, 0.2) is 0 Å². The molecule has 0 spiro atoms. The number of nitrogens with zero attached hydrogens (tertiary/aromatic N) is 1. The number of hydrogen-bond donors (Lipinski definition) is 0. The lowest BCUT2D eigenvalue weighted by Crippen LogP contribution is -2.20. The molecular formula is C52H105NO4. The number of hydrogen-bond acceptors (Lipinski definition) is 5. The monoisotopic (exact) mass is 808 g/mol. The van der Waals surface area contributed by atoms with Gasteiger partial charge in [0.05, 0.1) is 12.7 Å². The molecule has 5 nitrogen and oxygen atoms in total. The first-order chi connectivity index (χ1) is 28.0. The van der Waals surface area contributed by atoms with Crippen LogP contribution in [0, 0.1) is 11.8 Å². The summed E-state index contributed by atoms with van der Waals surface area (Å²) in [6.07, 6.45) is 46.1. The minimum absolute atomic E-state index is 0.0203. The highest BCUT2D eigenvalue weighted by Crippen LogP contribution is 2.23. The molecule has 0 saturated carbocycles. The number of rotatable bonds is 48. The zero-order chi connectivity index (χ0) is 41.7. The van der Waals surface area contributed by atoms with Crippen molar-refractivity contribution in [2.24, 2.45) is 11.8 Å². The molecule has 0 aliphatic heterocycles. The lowest BCUT2D eigenvalue weighted by Gasteiger charge is -2.19. The van der Waals surface area contributed by atoms with E-state index in [4.69, 9.17) is 14.2 Å². The van der Waals surface area contributed by atoms with E-state index in [2.05, 4.69) is 46.6 Å². The van der Waals surface area contributed by atoms with Gasteiger partial charge in [-0.15, -0.1) is 0 Å². The number of esters is 1. The Kier molecular flexibility index (Phi) is 45.9. The fraction of sp³-hybridized carbons (Fsp3) is 0.981. The van der Waals surface area contributed by atoms with Crippen molar-refractivity contribution in [1.82, 2.24) is 4.90 Å². The van der Waals surface area contributed by atoms with E-state index in [-0.39, 0.29) is 5.97 Å². The van der Waals surface area contributed by atoms with Gasteiger partial charge in [-0.25, -0.2) is 0 Å². The summed E-state index contributed by atoms with van der Waals surface area (Å²) in [5.74, 6) is 1.63. The number of carbonyl (C=O) groups is 1. The Balaban J connectivity index is 4.14. The first-order valence-corrected chi connectivity index (χ1v) is 26.0. The van der Waals surface area contributed by atoms with Crippen LogP contribution in [0.5, 0.6) is 0 Å². The molecule has 0 aromatic rings. The summed E-state index contributed by atoms with van der Waals surface area (Å²) in [7, 11) is 2.21. The molecule has 0 rings (SSSR count). The standard InChI is InChI=1S/C52H105NO4/c1-7-12-25-35-49(36-26-13-8-2)42-47-55-45-33-24-20-16-17-21-29-39-51(56-46-34-32-44-53(6)11-5)40-30-22-18-19-23-31-41-52(54)57-48-43-50(37-27-14-9-3)38-28-15-10-4/h49-51H,7-48H2,1-6H3. The average molecular weight is 808 g/mol. The molecule has 1 unspecified atom stereocenters. The summed E-state index contributed by atoms with van der Waals surface area (Å²) < 4.78 is 18.3. The number of ether oxygens (including phenoxy) is 3. The largest absolute Gasteiger partial charge is 0.466 e. The summed E-state index contributed by atoms with van der Waals surface area (Å²) in [5.41, 5.74) is 0. The van der Waals surface area contributed by atoms with Crippen LogP contribution in [-0.2, 0) is 19.0 Å². The van der Waals surface area contributed by atoms with Crippen molar-refractivity contribution in [3.8, 4) is 0 Å². The van der Waals surface area contributed by atoms with E-state index in [0.717, 1.165) is 57.5 Å². The van der Waals surface area contributed by atoms with Gasteiger partial charge in [0, 0.05) is 26.2 Å². The Morgan fingerprint density at radius 2 is 0.842 bits per heavy atom. The van der Waals surface area contributed by atoms with Crippen LogP contribution in [0.3, 0.4) is 0 Å². The average Bonchev–Trinajstić information content (AvgIpc) is 3.21. The van der Waals surface area contributed by atoms with E-state index in [1.807, 2.05) is 0 Å². The van der Waals surface area contributed by atoms with Crippen LogP contribution in [0.1, 0.15) is 266 Å². The van der Waals surface area contributed by atoms with Crippen LogP contribution >= 0.6 is 0 Å². The molecule has 1 atom stereocenters. The second-order valence-corrected chi connectivity index (χ2v) is 18.1. The molecule has 0 aromatic carbocycles. The molecule has 5 heteroatoms. The Hall–Kier alpha value is -0.650. The fourth-order valence-electron chi connectivity index (χ4n) is 8.37. The summed E-state index contributed by atoms with van der Waals surface area (Å²) in [4.78, 5) is 14.8. The highest BCUT2D eigenvalue weighted by molar-refractivity contribution is 5.69. The van der Waals surface area contributed by atoms with Gasteiger partial charge in [-0.05, 0) is 83.3 Å². The Morgan fingerprint density at radius 1 is 0.421 bits per heavy atom. The van der Waals surface area contributed by atoms with Gasteiger partial charge in [0.2, 0.25) is 0 Å². The van der Waals surface area contributed by atoms with E-state index in [1.165, 1.54) is 212 Å². The predicted molar refractivity (Wildman–Crippen MR) is 251 cm³/mol. The minimum Gasteiger partial charge on any atom is -0.466 e. The quantitative estimate of drug-likeness (QED) is 0.0453. The van der Waals surface area contributed by atoms with Crippen molar-refractivity contribution in [3.05, 3.63) is 0 Å². The van der Waals surface area contributed by atoms with Crippen molar-refractivity contribution in [3.63, 3.8) is 0 Å². The maximum absolute atomic E-state index is 12.4. The number of unbranched alkanes of at least 4 members (excludes halogenated alkanes) is 20. The fourth-order valence-corrected chi connectivity index (χ4v) is 8.37. The summed E-state index contributed by atoms with van der Waals surface area (Å²) in [6, 6.07) is 0. The third-order valence-electron chi connectivity index (χ3n) is 12.6. The zero-order valence-corrected chi connectivity index (χ0v) is 40.0. The molecule has 0 heterocycles. The SMILES string of the molecule is CCCCCC(CCCCC)CCOCCCCCCCCCC(CCCCCCCCC(=O)OCCC(CCCCC)CCCCC)OCCCCN(C)CC. The maximum Gasteiger partial charge on any atom is 0.305 e. The predicted octanol–water partition coefficient (Wildman–Crippen LogP) is 16.2. The second-order valence-electron chi connectivity index (χ2n) is 18.1. The third kappa shape index (κ3) is 41.9. The van der Waals surface area contributed by atoms with Gasteiger partial charge in [-0.2, -0.15) is 0 Å². The molecule has 0 saturated heterocycles. The van der Waals surface area contributed by atoms with Gasteiger partial charge >= 0.3 is 5.97 Å². The molecule has 0 aromatic heterocycles. The van der Waals surface area contributed by atoms with Crippen molar-refractivity contribution >= 4 is 5.97 Å². The smallest absolute Gasteiger partial charge is 0.305 e. The van der Waals surface area contributed by atoms with Crippen LogP contribution in [0.25, 0.3) is 0 Å². The van der Waals surface area contributed by atoms with Crippen molar-refractivity contribution in [2.75, 3.05) is 46.6 Å². The molecule has 0 aliphatic carbocycles. The lowest BCUT2D eigenvalue weighted by atomic mass is 9.92. The molecule has 0 amide bonds. The maximum atomic E-state index is 12.4. The van der Waals surface area contributed by atoms with Gasteiger partial charge in [0.1, 0.15) is 0 Å². The Labute approximate surface area is 359 Å². The summed E-state index contributed by atoms with van der Waals surface area (Å²) in [5, 5.41) is 0. The highest BCUT2D eigenvalue weighted by Gasteiger charge is 2.12. The van der Waals surface area contributed by atoms with Crippen LogP contribution < -0.4 is 0 Å². The van der Waals surface area contributed by atoms with Gasteiger partial charge in [-0.3, -0.25) is 4.79 Å². The topological polar surface area (TPSA) is 48.0 Å². The highest BCUT2D eigenvalue weighted by atomic mass is 16.5. The van der Waals surface area contributed by atoms with E-state index in [9.17, 15) is 4.79 Å². The van der Waals surface area contributed by atoms with Gasteiger partial charge in [0.15, 0.2) is 0 Å². The van der Waals surface area contributed by atoms with E-state index in [0.29, 0.717) is 19.1 Å². The molecule has 0 N–H and O–H groups in total. The number of carbonyl (C=O) groups excluding carboxylic acids is 1. The molecule has 0 radical (unpaired) electrons.